The van der Waals surface area contributed by atoms with E-state index in [4.69, 9.17) is 20.4 Å². The van der Waals surface area contributed by atoms with Crippen molar-refractivity contribution in [1.29, 1.82) is 0 Å². The molecule has 0 bridgehead atoms. The van der Waals surface area contributed by atoms with Gasteiger partial charge in [0, 0.05) is 36.4 Å². The second-order valence-electron chi connectivity index (χ2n) is 12.1. The monoisotopic (exact) mass is 607 g/mol. The number of halogens is 4. The Morgan fingerprint density at radius 2 is 1.88 bits per heavy atom. The van der Waals surface area contributed by atoms with Gasteiger partial charge in [-0.05, 0) is 57.7 Å². The molecule has 1 unspecified atom stereocenters. The van der Waals surface area contributed by atoms with Crippen molar-refractivity contribution >= 4 is 23.7 Å². The first-order valence-corrected chi connectivity index (χ1v) is 13.5. The molecule has 43 heavy (non-hydrogen) atoms. The van der Waals surface area contributed by atoms with Crippen LogP contribution < -0.4 is 15.8 Å². The molecule has 4 atom stereocenters. The van der Waals surface area contributed by atoms with Crippen LogP contribution in [0, 0.1) is 17.7 Å². The van der Waals surface area contributed by atoms with Crippen molar-refractivity contribution in [2.24, 2.45) is 22.6 Å². The number of carboxylic acid groups (broad SMARTS) is 1. The van der Waals surface area contributed by atoms with Crippen LogP contribution in [0.3, 0.4) is 0 Å². The Kier molecular flexibility index (Phi) is 8.44. The highest BCUT2D eigenvalue weighted by Crippen LogP contribution is 2.51. The topological polar surface area (TPSA) is 147 Å². The predicted molar refractivity (Wildman–Crippen MR) is 146 cm³/mol. The van der Waals surface area contributed by atoms with Gasteiger partial charge in [-0.1, -0.05) is 12.1 Å². The van der Waals surface area contributed by atoms with Crippen LogP contribution in [0.5, 0.6) is 5.75 Å². The summed E-state index contributed by atoms with van der Waals surface area (Å²) >= 11 is 0. The lowest BCUT2D eigenvalue weighted by atomic mass is 9.89. The molecule has 1 aromatic carbocycles. The van der Waals surface area contributed by atoms with Crippen LogP contribution in [-0.2, 0) is 14.4 Å². The quantitative estimate of drug-likeness (QED) is 0.430. The number of ether oxygens (including phenoxy) is 1. The van der Waals surface area contributed by atoms with E-state index >= 15 is 0 Å². The molecule has 3 aliphatic rings. The largest absolute Gasteiger partial charge is 0.490 e. The molecule has 232 valence electrons. The number of pyridine rings is 1. The van der Waals surface area contributed by atoms with Gasteiger partial charge in [0.2, 0.25) is 11.8 Å². The molecule has 0 radical (unpaired) electrons. The Bertz CT molecular complexity index is 1430. The van der Waals surface area contributed by atoms with Crippen molar-refractivity contribution in [3.8, 4) is 5.75 Å². The summed E-state index contributed by atoms with van der Waals surface area (Å²) in [4.78, 5) is 45.9. The van der Waals surface area contributed by atoms with Gasteiger partial charge in [-0.25, -0.2) is 14.2 Å². The zero-order chi connectivity index (χ0) is 31.9. The number of nitrogens with two attached hydrogens (primary N) is 1. The Balaban J connectivity index is 0.000000541. The first kappa shape index (κ1) is 31.7. The first-order valence-electron chi connectivity index (χ1n) is 13.5. The molecule has 1 aliphatic carbocycles. The van der Waals surface area contributed by atoms with Crippen LogP contribution in [0.25, 0.3) is 0 Å². The average Bonchev–Trinajstić information content (AvgIpc) is 3.65. The van der Waals surface area contributed by atoms with E-state index in [1.54, 1.807) is 18.5 Å². The molecule has 1 fully saturated rings. The fourth-order valence-electron chi connectivity index (χ4n) is 5.52. The number of carbonyl (C=O) groups excluding carboxylic acids is 2. The number of aliphatic imine (C=N–C) groups is 1. The zero-order valence-corrected chi connectivity index (χ0v) is 24.0. The smallest absolute Gasteiger partial charge is 0.487 e. The van der Waals surface area contributed by atoms with Crippen molar-refractivity contribution in [2.75, 3.05) is 0 Å². The molecule has 0 spiro atoms. The zero-order valence-electron chi connectivity index (χ0n) is 24.0. The van der Waals surface area contributed by atoms with Gasteiger partial charge in [0.15, 0.2) is 5.96 Å². The number of fused-ring (bicyclic) bond motifs is 1. The molecule has 2 aliphatic heterocycles. The van der Waals surface area contributed by atoms with E-state index < -0.39 is 29.3 Å². The van der Waals surface area contributed by atoms with E-state index in [9.17, 15) is 27.2 Å². The summed E-state index contributed by atoms with van der Waals surface area (Å²) in [6.45, 7) is 7.59. The fourth-order valence-corrected chi connectivity index (χ4v) is 5.52. The van der Waals surface area contributed by atoms with Crippen molar-refractivity contribution in [2.45, 2.75) is 76.4 Å². The molecule has 10 nitrogen and oxygen atoms in total. The Morgan fingerprint density at radius 3 is 2.47 bits per heavy atom. The Hall–Kier alpha value is -4.23. The normalized spacial score (nSPS) is 24.3. The Morgan fingerprint density at radius 1 is 1.21 bits per heavy atom. The molecule has 4 N–H and O–H groups in total. The van der Waals surface area contributed by atoms with Crippen molar-refractivity contribution in [3.63, 3.8) is 0 Å². The van der Waals surface area contributed by atoms with Crippen molar-refractivity contribution in [1.82, 2.24) is 15.2 Å². The van der Waals surface area contributed by atoms with Gasteiger partial charge in [-0.2, -0.15) is 13.2 Å². The molecule has 5 rings (SSSR count). The van der Waals surface area contributed by atoms with E-state index in [-0.39, 0.29) is 47.9 Å². The number of aromatic nitrogens is 1. The number of hydrogen-bond donors (Lipinski definition) is 3. The van der Waals surface area contributed by atoms with Crippen LogP contribution in [0.4, 0.5) is 17.6 Å². The summed E-state index contributed by atoms with van der Waals surface area (Å²) < 4.78 is 51.5. The third-order valence-electron chi connectivity index (χ3n) is 7.39. The summed E-state index contributed by atoms with van der Waals surface area (Å²) in [5.74, 6) is -3.18. The number of guanidine groups is 1. The third kappa shape index (κ3) is 7.41. The van der Waals surface area contributed by atoms with E-state index in [0.29, 0.717) is 18.6 Å². The van der Waals surface area contributed by atoms with Gasteiger partial charge in [-0.15, -0.1) is 0 Å². The number of nitrogens with zero attached hydrogens (tertiary/aromatic N) is 3. The highest BCUT2D eigenvalue weighted by atomic mass is 19.4. The molecule has 1 saturated carbocycles. The van der Waals surface area contributed by atoms with Crippen LogP contribution in [0.2, 0.25) is 0 Å². The minimum absolute atomic E-state index is 0.104. The number of rotatable bonds is 5. The maximum atomic E-state index is 13.8. The number of carbonyl (C=O) groups is 3. The van der Waals surface area contributed by atoms with Gasteiger partial charge < -0.3 is 20.9 Å². The minimum Gasteiger partial charge on any atom is -0.487 e. The maximum Gasteiger partial charge on any atom is 0.490 e. The van der Waals surface area contributed by atoms with Gasteiger partial charge in [0.1, 0.15) is 17.2 Å². The summed E-state index contributed by atoms with van der Waals surface area (Å²) in [7, 11) is 0. The van der Waals surface area contributed by atoms with Crippen LogP contribution in [-0.4, -0.2) is 56.0 Å². The van der Waals surface area contributed by atoms with Crippen LogP contribution in [0.1, 0.15) is 70.2 Å². The minimum atomic E-state index is -5.08. The van der Waals surface area contributed by atoms with Crippen molar-refractivity contribution in [3.05, 3.63) is 59.7 Å². The number of nitrogens with one attached hydrogen (secondary N) is 1. The SMILES string of the molecule is CC1(C)CC(=O)N([C@H](c2cccnc2)[C@@H]2C[C@H]2C(=O)NC2CC(C)(C)Oc3cc(F)ccc32)C(N)=N1.O=C(O)C(F)(F)F. The van der Waals surface area contributed by atoms with Gasteiger partial charge in [0.05, 0.1) is 24.0 Å². The van der Waals surface area contributed by atoms with Crippen LogP contribution in [0.15, 0.2) is 47.7 Å². The molecule has 0 saturated heterocycles. The lowest BCUT2D eigenvalue weighted by Crippen LogP contribution is -2.52. The number of carboxylic acids is 1. The highest BCUT2D eigenvalue weighted by Gasteiger charge is 2.53. The molecule has 1 aromatic heterocycles. The lowest BCUT2D eigenvalue weighted by Gasteiger charge is -2.38. The fraction of sp³-hybridized carbons (Fsp3) is 0.483. The first-order chi connectivity index (χ1) is 19.9. The van der Waals surface area contributed by atoms with E-state index in [2.05, 4.69) is 15.3 Å². The standard InChI is InChI=1S/C27H32FN5O3.C2HF3O2/c1-26(2)13-22(34)33(25(29)32-26)23(15-6-5-9-30-14-15)18-11-19(18)24(35)31-20-12-27(3,4)36-21-10-16(28)7-8-17(20)21;3-2(4,5)1(6)7/h5-10,14,18-20,23H,11-13H2,1-4H3,(H2,29,32)(H,31,35);(H,6,7)/t18-,19-,20?,23-;/m1./s1. The van der Waals surface area contributed by atoms with Gasteiger partial charge in [0.25, 0.3) is 0 Å². The van der Waals surface area contributed by atoms with Gasteiger partial charge >= 0.3 is 12.1 Å². The second kappa shape index (κ2) is 11.5. The summed E-state index contributed by atoms with van der Waals surface area (Å²) in [6.07, 6.45) is -0.305. The highest BCUT2D eigenvalue weighted by molar-refractivity contribution is 5.99. The van der Waals surface area contributed by atoms with E-state index in [1.807, 2.05) is 39.8 Å². The van der Waals surface area contributed by atoms with Crippen LogP contribution >= 0.6 is 0 Å². The number of amides is 2. The molecule has 3 heterocycles. The third-order valence-corrected chi connectivity index (χ3v) is 7.39. The van der Waals surface area contributed by atoms with E-state index in [0.717, 1.165) is 11.1 Å². The van der Waals surface area contributed by atoms with Crippen molar-refractivity contribution < 1.29 is 41.8 Å². The number of hydrogen-bond acceptors (Lipinski definition) is 7. The molecule has 14 heteroatoms. The molecule has 2 amide bonds. The summed E-state index contributed by atoms with van der Waals surface area (Å²) in [5, 5.41) is 10.3. The number of alkyl halides is 3. The van der Waals surface area contributed by atoms with E-state index in [1.165, 1.54) is 17.0 Å². The summed E-state index contributed by atoms with van der Waals surface area (Å²) in [5.41, 5.74) is 6.75. The number of benzene rings is 1. The maximum absolute atomic E-state index is 13.8. The molecule has 2 aromatic rings. The lowest BCUT2D eigenvalue weighted by molar-refractivity contribution is -0.192. The number of aliphatic carboxylic acids is 1. The second-order valence-corrected chi connectivity index (χ2v) is 12.1. The predicted octanol–water partition coefficient (Wildman–Crippen LogP) is 4.28. The molecular formula is C29H33F4N5O5. The molecular weight excluding hydrogens is 574 g/mol. The van der Waals surface area contributed by atoms with Gasteiger partial charge in [-0.3, -0.25) is 19.5 Å². The average molecular weight is 608 g/mol. The Labute approximate surface area is 245 Å². The summed E-state index contributed by atoms with van der Waals surface area (Å²) in [6, 6.07) is 7.37.